The summed E-state index contributed by atoms with van der Waals surface area (Å²) in [4.78, 5) is 24.9. The number of carbonyl (C=O) groups is 1. The zero-order valence-electron chi connectivity index (χ0n) is 12.6. The Labute approximate surface area is 146 Å². The van der Waals surface area contributed by atoms with Gasteiger partial charge in [-0.1, -0.05) is 29.8 Å². The second-order valence-corrected chi connectivity index (χ2v) is 6.53. The number of esters is 1. The minimum atomic E-state index is -0.609. The lowest BCUT2D eigenvalue weighted by Gasteiger charge is -2.08. The Morgan fingerprint density at radius 1 is 1.42 bits per heavy atom. The summed E-state index contributed by atoms with van der Waals surface area (Å²) in [6.07, 6.45) is 1.38. The minimum absolute atomic E-state index is 0.116. The van der Waals surface area contributed by atoms with Gasteiger partial charge < -0.3 is 9.30 Å². The maximum absolute atomic E-state index is 12.3. The lowest BCUT2D eigenvalue weighted by molar-refractivity contribution is 0.0599. The molecule has 0 atom stereocenters. The number of halogens is 1. The molecule has 0 fully saturated rings. The van der Waals surface area contributed by atoms with Gasteiger partial charge in [-0.05, 0) is 12.1 Å². The molecule has 2 heterocycles. The van der Waals surface area contributed by atoms with Crippen LogP contribution < -0.4 is 5.56 Å². The van der Waals surface area contributed by atoms with Crippen LogP contribution >= 0.6 is 22.9 Å². The number of hydrogen-bond donors (Lipinski definition) is 0. The van der Waals surface area contributed by atoms with E-state index in [9.17, 15) is 9.59 Å². The quantitative estimate of drug-likeness (QED) is 0.672. The van der Waals surface area contributed by atoms with Crippen molar-refractivity contribution in [2.75, 3.05) is 7.11 Å². The summed E-state index contributed by atoms with van der Waals surface area (Å²) < 4.78 is 6.98. The molecule has 0 bridgehead atoms. The molecule has 0 spiro atoms. The van der Waals surface area contributed by atoms with E-state index in [4.69, 9.17) is 16.9 Å². The molecule has 1 aromatic carbocycles. The Kier molecular flexibility index (Phi) is 4.38. The normalized spacial score (nSPS) is 10.5. The number of ether oxygens (including phenoxy) is 1. The largest absolute Gasteiger partial charge is 0.465 e. The number of pyridine rings is 1. The highest BCUT2D eigenvalue weighted by Crippen LogP contribution is 2.35. The van der Waals surface area contributed by atoms with Crippen LogP contribution in [-0.2, 0) is 11.3 Å². The summed E-state index contributed by atoms with van der Waals surface area (Å²) in [5.41, 5.74) is -0.445. The Bertz CT molecular complexity index is 1050. The molecule has 3 aromatic rings. The second kappa shape index (κ2) is 6.48. The van der Waals surface area contributed by atoms with E-state index in [2.05, 4.69) is 4.74 Å². The zero-order chi connectivity index (χ0) is 17.3. The van der Waals surface area contributed by atoms with E-state index >= 15 is 0 Å². The van der Waals surface area contributed by atoms with Crippen molar-refractivity contribution in [3.8, 4) is 6.07 Å². The van der Waals surface area contributed by atoms with Gasteiger partial charge in [-0.3, -0.25) is 4.79 Å². The first kappa shape index (κ1) is 16.2. The number of rotatable bonds is 3. The summed E-state index contributed by atoms with van der Waals surface area (Å²) >= 11 is 7.87. The van der Waals surface area contributed by atoms with Crippen molar-refractivity contribution in [2.24, 2.45) is 0 Å². The Hall–Kier alpha value is -2.62. The molecule has 0 radical (unpaired) electrons. The van der Waals surface area contributed by atoms with Crippen molar-refractivity contribution in [3.63, 3.8) is 0 Å². The van der Waals surface area contributed by atoms with Gasteiger partial charge in [-0.2, -0.15) is 5.26 Å². The lowest BCUT2D eigenvalue weighted by Crippen LogP contribution is -2.24. The van der Waals surface area contributed by atoms with Gasteiger partial charge in [0, 0.05) is 21.2 Å². The lowest BCUT2D eigenvalue weighted by atomic mass is 10.2. The molecule has 3 rings (SSSR count). The van der Waals surface area contributed by atoms with Gasteiger partial charge in [-0.15, -0.1) is 11.3 Å². The Morgan fingerprint density at radius 2 is 2.17 bits per heavy atom. The molecular formula is C17H11ClN2O3S. The number of carbonyl (C=O) groups excluding carboxylic acids is 1. The molecule has 7 heteroatoms. The number of methoxy groups -OCH3 is 1. The van der Waals surface area contributed by atoms with Gasteiger partial charge in [0.05, 0.1) is 24.2 Å². The van der Waals surface area contributed by atoms with Crippen LogP contribution in [-0.4, -0.2) is 17.6 Å². The average molecular weight is 359 g/mol. The molecular weight excluding hydrogens is 348 g/mol. The molecule has 0 aliphatic carbocycles. The molecule has 0 amide bonds. The fourth-order valence-corrected chi connectivity index (χ4v) is 3.88. The zero-order valence-corrected chi connectivity index (χ0v) is 14.1. The van der Waals surface area contributed by atoms with Crippen LogP contribution in [0, 0.1) is 11.3 Å². The highest BCUT2D eigenvalue weighted by molar-refractivity contribution is 7.19. The molecule has 0 saturated carbocycles. The number of benzene rings is 1. The summed E-state index contributed by atoms with van der Waals surface area (Å²) in [5, 5.41) is 10.6. The number of nitrogens with zero attached hydrogens (tertiary/aromatic N) is 2. The standard InChI is InChI=1S/C17H11ClN2O3S/c1-23-17(22)11-6-10(7-19)16(21)20(8-11)9-14-15(18)12-4-2-3-5-13(12)24-14/h2-6,8H,9H2,1H3. The van der Waals surface area contributed by atoms with Crippen LogP contribution in [0.3, 0.4) is 0 Å². The van der Waals surface area contributed by atoms with Crippen LogP contribution in [0.5, 0.6) is 0 Å². The van der Waals surface area contributed by atoms with Crippen molar-refractivity contribution >= 4 is 39.0 Å². The van der Waals surface area contributed by atoms with Crippen molar-refractivity contribution in [1.29, 1.82) is 5.26 Å². The minimum Gasteiger partial charge on any atom is -0.465 e. The molecule has 2 aromatic heterocycles. The predicted octanol–water partition coefficient (Wildman–Crippen LogP) is 3.42. The molecule has 24 heavy (non-hydrogen) atoms. The fraction of sp³-hybridized carbons (Fsp3) is 0.118. The molecule has 0 N–H and O–H groups in total. The third kappa shape index (κ3) is 2.80. The maximum Gasteiger partial charge on any atom is 0.339 e. The van der Waals surface area contributed by atoms with Gasteiger partial charge in [-0.25, -0.2) is 4.79 Å². The Morgan fingerprint density at radius 3 is 2.83 bits per heavy atom. The van der Waals surface area contributed by atoms with Crippen LogP contribution in [0.1, 0.15) is 20.8 Å². The van der Waals surface area contributed by atoms with Gasteiger partial charge in [0.15, 0.2) is 0 Å². The smallest absolute Gasteiger partial charge is 0.339 e. The third-order valence-corrected chi connectivity index (χ3v) is 5.24. The molecule has 0 aliphatic rings. The first-order valence-corrected chi connectivity index (χ1v) is 8.13. The number of thiophene rings is 1. The van der Waals surface area contributed by atoms with E-state index in [1.165, 1.54) is 35.3 Å². The molecule has 0 aliphatic heterocycles. The summed E-state index contributed by atoms with van der Waals surface area (Å²) in [6.45, 7) is 0.177. The molecule has 0 saturated heterocycles. The summed E-state index contributed by atoms with van der Waals surface area (Å²) in [6, 6.07) is 10.7. The van der Waals surface area contributed by atoms with Crippen LogP contribution in [0.4, 0.5) is 0 Å². The van der Waals surface area contributed by atoms with E-state index in [0.29, 0.717) is 5.02 Å². The molecule has 120 valence electrons. The van der Waals surface area contributed by atoms with E-state index in [1.807, 2.05) is 30.3 Å². The van der Waals surface area contributed by atoms with E-state index in [-0.39, 0.29) is 17.7 Å². The van der Waals surface area contributed by atoms with E-state index in [1.54, 1.807) is 0 Å². The highest BCUT2D eigenvalue weighted by Gasteiger charge is 2.15. The number of aromatic nitrogens is 1. The van der Waals surface area contributed by atoms with Crippen molar-refractivity contribution in [3.05, 3.63) is 67.9 Å². The predicted molar refractivity (Wildman–Crippen MR) is 92.7 cm³/mol. The van der Waals surface area contributed by atoms with Crippen molar-refractivity contribution in [1.82, 2.24) is 4.57 Å². The SMILES string of the molecule is COC(=O)c1cc(C#N)c(=O)n(Cc2sc3ccccc3c2Cl)c1. The number of fused-ring (bicyclic) bond motifs is 1. The van der Waals surface area contributed by atoms with Crippen molar-refractivity contribution in [2.45, 2.75) is 6.54 Å². The van der Waals surface area contributed by atoms with Crippen molar-refractivity contribution < 1.29 is 9.53 Å². The maximum atomic E-state index is 12.3. The first-order valence-electron chi connectivity index (χ1n) is 6.94. The molecule has 5 nitrogen and oxygen atoms in total. The highest BCUT2D eigenvalue weighted by atomic mass is 35.5. The van der Waals surface area contributed by atoms with Gasteiger partial charge in [0.25, 0.3) is 5.56 Å². The third-order valence-electron chi connectivity index (χ3n) is 3.54. The van der Waals surface area contributed by atoms with Crippen LogP contribution in [0.25, 0.3) is 10.1 Å². The van der Waals surface area contributed by atoms with E-state index in [0.717, 1.165) is 15.0 Å². The number of nitriles is 1. The summed E-state index contributed by atoms with van der Waals surface area (Å²) in [7, 11) is 1.24. The summed E-state index contributed by atoms with van der Waals surface area (Å²) in [5.74, 6) is -0.609. The second-order valence-electron chi connectivity index (χ2n) is 5.01. The molecule has 0 unspecified atom stereocenters. The van der Waals surface area contributed by atoms with Gasteiger partial charge in [0.1, 0.15) is 11.6 Å². The van der Waals surface area contributed by atoms with Crippen LogP contribution in [0.2, 0.25) is 5.02 Å². The van der Waals surface area contributed by atoms with Gasteiger partial charge >= 0.3 is 5.97 Å². The average Bonchev–Trinajstić information content (AvgIpc) is 2.92. The van der Waals surface area contributed by atoms with Crippen LogP contribution in [0.15, 0.2) is 41.3 Å². The fourth-order valence-electron chi connectivity index (χ4n) is 2.38. The topological polar surface area (TPSA) is 72.1 Å². The first-order chi connectivity index (χ1) is 11.5. The Balaban J connectivity index is 2.11. The van der Waals surface area contributed by atoms with E-state index < -0.39 is 11.5 Å². The van der Waals surface area contributed by atoms with Gasteiger partial charge in [0.2, 0.25) is 0 Å². The monoisotopic (exact) mass is 358 g/mol. The number of hydrogen-bond acceptors (Lipinski definition) is 5.